The minimum Gasteiger partial charge on any atom is -0.504 e. The molecule has 2 aliphatic heterocycles. The van der Waals surface area contributed by atoms with Gasteiger partial charge in [0.25, 0.3) is 0 Å². The van der Waals surface area contributed by atoms with Crippen molar-refractivity contribution in [1.82, 2.24) is 0 Å². The SMILES string of the molecule is CC/C=C\C/C=C\C/C=C\C/C=C\C/C=C\CCCC(=O)Oc1cc2c(c(O)c1OC)C1OC(CO)C(O)C(O)C1OC2=O. The Hall–Kier alpha value is -3.70. The van der Waals surface area contributed by atoms with Gasteiger partial charge < -0.3 is 39.4 Å². The fourth-order valence-corrected chi connectivity index (χ4v) is 4.92. The van der Waals surface area contributed by atoms with Crippen molar-refractivity contribution in [3.63, 3.8) is 0 Å². The van der Waals surface area contributed by atoms with Crippen molar-refractivity contribution >= 4 is 11.9 Å². The molecule has 0 bridgehead atoms. The molecule has 1 aromatic carbocycles. The van der Waals surface area contributed by atoms with Crippen molar-refractivity contribution in [2.75, 3.05) is 13.7 Å². The molecule has 240 valence electrons. The third-order valence-corrected chi connectivity index (χ3v) is 7.21. The molecule has 1 fully saturated rings. The number of aromatic hydroxyl groups is 1. The highest BCUT2D eigenvalue weighted by Gasteiger charge is 2.52. The molecule has 0 aromatic heterocycles. The van der Waals surface area contributed by atoms with Crippen molar-refractivity contribution in [3.05, 3.63) is 78.0 Å². The summed E-state index contributed by atoms with van der Waals surface area (Å²) in [6.07, 6.45) is 20.4. The maximum atomic E-state index is 12.7. The molecular weight excluding hydrogens is 568 g/mol. The van der Waals surface area contributed by atoms with Crippen LogP contribution in [0.5, 0.6) is 17.2 Å². The lowest BCUT2D eigenvalue weighted by molar-refractivity contribution is -0.235. The number of phenolic OH excluding ortho intramolecular Hbond substituents is 1. The Labute approximate surface area is 258 Å². The second-order valence-corrected chi connectivity index (χ2v) is 10.4. The van der Waals surface area contributed by atoms with Gasteiger partial charge in [0.2, 0.25) is 5.75 Å². The molecule has 10 nitrogen and oxygen atoms in total. The van der Waals surface area contributed by atoms with Crippen molar-refractivity contribution in [2.24, 2.45) is 0 Å². The van der Waals surface area contributed by atoms with E-state index in [0.29, 0.717) is 12.8 Å². The van der Waals surface area contributed by atoms with Crippen LogP contribution in [0, 0.1) is 0 Å². The quantitative estimate of drug-likeness (QED) is 0.0876. The number of carbonyl (C=O) groups excluding carboxylic acids is 2. The van der Waals surface area contributed by atoms with E-state index in [-0.39, 0.29) is 29.0 Å². The monoisotopic (exact) mass is 612 g/mol. The van der Waals surface area contributed by atoms with Crippen molar-refractivity contribution < 1.29 is 49.0 Å². The summed E-state index contributed by atoms with van der Waals surface area (Å²) in [5.41, 5.74) is -0.197. The number of rotatable bonds is 16. The van der Waals surface area contributed by atoms with E-state index in [1.54, 1.807) is 0 Å². The van der Waals surface area contributed by atoms with Gasteiger partial charge in [-0.1, -0.05) is 67.7 Å². The molecule has 2 aliphatic rings. The van der Waals surface area contributed by atoms with Crippen LogP contribution in [0.1, 0.15) is 80.3 Å². The predicted molar refractivity (Wildman–Crippen MR) is 165 cm³/mol. The molecule has 0 aliphatic carbocycles. The fourth-order valence-electron chi connectivity index (χ4n) is 4.92. The Morgan fingerprint density at radius 1 is 0.932 bits per heavy atom. The summed E-state index contributed by atoms with van der Waals surface area (Å²) < 4.78 is 21.6. The number of methoxy groups -OCH3 is 1. The zero-order chi connectivity index (χ0) is 31.9. The van der Waals surface area contributed by atoms with E-state index in [1.165, 1.54) is 13.2 Å². The van der Waals surface area contributed by atoms with E-state index in [4.69, 9.17) is 18.9 Å². The predicted octanol–water partition coefficient (Wildman–Crippen LogP) is 4.92. The zero-order valence-electron chi connectivity index (χ0n) is 25.3. The van der Waals surface area contributed by atoms with Gasteiger partial charge >= 0.3 is 11.9 Å². The number of allylic oxidation sites excluding steroid dienone is 10. The summed E-state index contributed by atoms with van der Waals surface area (Å²) in [4.78, 5) is 25.3. The zero-order valence-corrected chi connectivity index (χ0v) is 25.3. The van der Waals surface area contributed by atoms with Crippen LogP contribution >= 0.6 is 0 Å². The molecule has 44 heavy (non-hydrogen) atoms. The number of phenols is 1. The van der Waals surface area contributed by atoms with Gasteiger partial charge in [0.15, 0.2) is 17.6 Å². The van der Waals surface area contributed by atoms with E-state index in [1.807, 2.05) is 12.2 Å². The maximum Gasteiger partial charge on any atom is 0.339 e. The average Bonchev–Trinajstić information content (AvgIpc) is 3.01. The maximum absolute atomic E-state index is 12.7. The van der Waals surface area contributed by atoms with Crippen LogP contribution in [0.2, 0.25) is 0 Å². The first kappa shape index (κ1) is 34.8. The molecule has 1 saturated heterocycles. The topological polar surface area (TPSA) is 152 Å². The normalized spacial score (nSPS) is 23.6. The standard InChI is InChI=1S/C34H44O10/c1-3-4-5-6-7-8-9-10-11-12-13-14-15-16-17-18-19-20-26(36)42-24-21-23-27(29(38)31(24)41-2)32-33(44-34(23)40)30(39)28(37)25(22-35)43-32/h4-5,7-8,10-11,13-14,16-17,21,25,28,30,32-33,35,37-39H,3,6,9,12,15,18-20,22H2,1-2H3/b5-4-,8-7-,11-10-,14-13-,17-16-. The molecule has 0 amide bonds. The Morgan fingerprint density at radius 3 is 2.09 bits per heavy atom. The van der Waals surface area contributed by atoms with Crippen LogP contribution in [0.15, 0.2) is 66.8 Å². The number of hydrogen-bond donors (Lipinski definition) is 4. The first-order valence-electron chi connectivity index (χ1n) is 15.1. The summed E-state index contributed by atoms with van der Waals surface area (Å²) in [5, 5.41) is 41.1. The third-order valence-electron chi connectivity index (χ3n) is 7.21. The van der Waals surface area contributed by atoms with Gasteiger partial charge in [-0.3, -0.25) is 4.79 Å². The van der Waals surface area contributed by atoms with Crippen LogP contribution in [0.4, 0.5) is 0 Å². The Morgan fingerprint density at radius 2 is 1.52 bits per heavy atom. The van der Waals surface area contributed by atoms with E-state index in [9.17, 15) is 30.0 Å². The summed E-state index contributed by atoms with van der Waals surface area (Å²) in [6, 6.07) is 1.21. The van der Waals surface area contributed by atoms with E-state index >= 15 is 0 Å². The molecule has 5 atom stereocenters. The van der Waals surface area contributed by atoms with Crippen molar-refractivity contribution in [2.45, 2.75) is 88.8 Å². The lowest BCUT2D eigenvalue weighted by atomic mass is 9.86. The van der Waals surface area contributed by atoms with Crippen molar-refractivity contribution in [3.8, 4) is 17.2 Å². The van der Waals surface area contributed by atoms with Gasteiger partial charge in [0, 0.05) is 12.0 Å². The van der Waals surface area contributed by atoms with E-state index in [2.05, 4.69) is 55.5 Å². The second kappa shape index (κ2) is 18.2. The van der Waals surface area contributed by atoms with Crippen LogP contribution in [-0.2, 0) is 14.3 Å². The molecule has 0 saturated carbocycles. The number of unbranched alkanes of at least 4 members (excludes halogenated alkanes) is 1. The third kappa shape index (κ3) is 9.40. The molecule has 0 spiro atoms. The summed E-state index contributed by atoms with van der Waals surface area (Å²) in [6.45, 7) is 1.51. The molecular formula is C34H44O10. The lowest BCUT2D eigenvalue weighted by Crippen LogP contribution is -2.58. The largest absolute Gasteiger partial charge is 0.504 e. The number of esters is 2. The summed E-state index contributed by atoms with van der Waals surface area (Å²) in [7, 11) is 1.26. The van der Waals surface area contributed by atoms with Gasteiger partial charge in [0.05, 0.1) is 19.3 Å². The average molecular weight is 613 g/mol. The van der Waals surface area contributed by atoms with E-state index < -0.39 is 54.8 Å². The first-order valence-corrected chi connectivity index (χ1v) is 15.1. The number of benzene rings is 1. The Balaban J connectivity index is 1.46. The molecule has 0 radical (unpaired) electrons. The number of ether oxygens (including phenoxy) is 4. The molecule has 5 unspecified atom stereocenters. The second-order valence-electron chi connectivity index (χ2n) is 10.4. The number of hydrogen-bond acceptors (Lipinski definition) is 10. The first-order chi connectivity index (χ1) is 21.3. The highest BCUT2D eigenvalue weighted by molar-refractivity contribution is 5.95. The fraction of sp³-hybridized carbons (Fsp3) is 0.471. The number of aliphatic hydroxyl groups is 3. The Kier molecular flexibility index (Phi) is 14.4. The molecule has 4 N–H and O–H groups in total. The van der Waals surface area contributed by atoms with Gasteiger partial charge in [0.1, 0.15) is 24.4 Å². The van der Waals surface area contributed by atoms with Crippen LogP contribution < -0.4 is 9.47 Å². The number of fused-ring (bicyclic) bond motifs is 3. The highest BCUT2D eigenvalue weighted by Crippen LogP contribution is 2.50. The highest BCUT2D eigenvalue weighted by atomic mass is 16.6. The molecule has 10 heteroatoms. The number of aliphatic hydroxyl groups excluding tert-OH is 3. The number of carbonyl (C=O) groups is 2. The minimum absolute atomic E-state index is 0.0503. The summed E-state index contributed by atoms with van der Waals surface area (Å²) >= 11 is 0. The summed E-state index contributed by atoms with van der Waals surface area (Å²) in [5.74, 6) is -2.39. The van der Waals surface area contributed by atoms with Gasteiger partial charge in [-0.25, -0.2) is 4.79 Å². The minimum atomic E-state index is -1.56. The van der Waals surface area contributed by atoms with E-state index in [0.717, 1.165) is 32.1 Å². The van der Waals surface area contributed by atoms with Crippen LogP contribution in [-0.4, -0.2) is 70.5 Å². The van der Waals surface area contributed by atoms with Gasteiger partial charge in [-0.05, 0) is 51.0 Å². The molecule has 1 aromatic rings. The molecule has 2 heterocycles. The Bertz CT molecular complexity index is 1240. The van der Waals surface area contributed by atoms with Gasteiger partial charge in [-0.2, -0.15) is 0 Å². The smallest absolute Gasteiger partial charge is 0.339 e. The van der Waals surface area contributed by atoms with Crippen LogP contribution in [0.25, 0.3) is 0 Å². The van der Waals surface area contributed by atoms with Gasteiger partial charge in [-0.15, -0.1) is 0 Å². The lowest BCUT2D eigenvalue weighted by Gasteiger charge is -2.44. The van der Waals surface area contributed by atoms with Crippen LogP contribution in [0.3, 0.4) is 0 Å². The van der Waals surface area contributed by atoms with Crippen molar-refractivity contribution in [1.29, 1.82) is 0 Å². The molecule has 3 rings (SSSR count).